The van der Waals surface area contributed by atoms with Gasteiger partial charge in [-0.3, -0.25) is 10.1 Å². The van der Waals surface area contributed by atoms with Crippen LogP contribution in [0.2, 0.25) is 0 Å². The van der Waals surface area contributed by atoms with Gasteiger partial charge in [-0.1, -0.05) is 66.8 Å². The van der Waals surface area contributed by atoms with Crippen LogP contribution in [0.25, 0.3) is 16.3 Å². The van der Waals surface area contributed by atoms with Gasteiger partial charge in [0.15, 0.2) is 11.9 Å². The second-order valence-corrected chi connectivity index (χ2v) is 6.76. The van der Waals surface area contributed by atoms with E-state index in [2.05, 4.69) is 20.6 Å². The second-order valence-electron chi connectivity index (χ2n) is 5.81. The average Bonchev–Trinajstić information content (AvgIpc) is 3.27. The van der Waals surface area contributed by atoms with E-state index < -0.39 is 6.10 Å². The monoisotopic (exact) mass is 379 g/mol. The fraction of sp³-hybridized carbons (Fsp3) is 0.158. The van der Waals surface area contributed by atoms with Gasteiger partial charge in [0.1, 0.15) is 5.75 Å². The highest BCUT2D eigenvalue weighted by Crippen LogP contribution is 2.24. The standard InChI is InChI=1S/C19H17N5O2S/c1-2-15(26-14-11-7-4-8-12-14)17(25)20-18-23-24-16(21-22-19(24)27-18)13-9-5-3-6-10-13/h3-12,15H,2H2,1H3,(H,20,23,25). The predicted molar refractivity (Wildman–Crippen MR) is 104 cm³/mol. The maximum atomic E-state index is 12.6. The van der Waals surface area contributed by atoms with Crippen LogP contribution in [0.4, 0.5) is 5.13 Å². The minimum Gasteiger partial charge on any atom is -0.481 e. The number of hydrogen-bond acceptors (Lipinski definition) is 6. The van der Waals surface area contributed by atoms with Gasteiger partial charge in [-0.2, -0.15) is 4.52 Å². The fourth-order valence-electron chi connectivity index (χ4n) is 2.61. The lowest BCUT2D eigenvalue weighted by atomic mass is 10.2. The number of nitrogens with zero attached hydrogens (tertiary/aromatic N) is 4. The minimum absolute atomic E-state index is 0.243. The molecule has 4 aromatic rings. The SMILES string of the molecule is CCC(Oc1ccccc1)C(=O)Nc1nn2c(-c3ccccc3)nnc2s1. The van der Waals surface area contributed by atoms with Gasteiger partial charge in [0.2, 0.25) is 10.1 Å². The van der Waals surface area contributed by atoms with Crippen LogP contribution in [0.3, 0.4) is 0 Å². The normalized spacial score (nSPS) is 12.0. The number of benzene rings is 2. The van der Waals surface area contributed by atoms with Crippen molar-refractivity contribution in [3.05, 3.63) is 60.7 Å². The van der Waals surface area contributed by atoms with Crippen molar-refractivity contribution in [1.82, 2.24) is 19.8 Å². The molecular weight excluding hydrogens is 362 g/mol. The first kappa shape index (κ1) is 17.2. The number of para-hydroxylation sites is 1. The van der Waals surface area contributed by atoms with E-state index >= 15 is 0 Å². The molecule has 0 saturated heterocycles. The van der Waals surface area contributed by atoms with Crippen molar-refractivity contribution >= 4 is 27.3 Å². The molecule has 4 rings (SSSR count). The number of carbonyl (C=O) groups excluding carboxylic acids is 1. The van der Waals surface area contributed by atoms with Gasteiger partial charge in [0.05, 0.1) is 0 Å². The maximum Gasteiger partial charge on any atom is 0.267 e. The molecule has 7 nitrogen and oxygen atoms in total. The molecule has 8 heteroatoms. The van der Waals surface area contributed by atoms with Gasteiger partial charge in [-0.05, 0) is 18.6 Å². The Labute approximate surface area is 159 Å². The zero-order valence-electron chi connectivity index (χ0n) is 14.6. The number of anilines is 1. The Kier molecular flexibility index (Phi) is 4.80. The Morgan fingerprint density at radius 1 is 1.11 bits per heavy atom. The molecule has 27 heavy (non-hydrogen) atoms. The number of carbonyl (C=O) groups is 1. The summed E-state index contributed by atoms with van der Waals surface area (Å²) in [5.74, 6) is 1.05. The van der Waals surface area contributed by atoms with E-state index in [1.807, 2.05) is 67.6 Å². The molecule has 2 aromatic heterocycles. The van der Waals surface area contributed by atoms with Crippen LogP contribution in [-0.4, -0.2) is 31.8 Å². The number of aromatic nitrogens is 4. The van der Waals surface area contributed by atoms with E-state index in [1.165, 1.54) is 11.3 Å². The summed E-state index contributed by atoms with van der Waals surface area (Å²) < 4.78 is 7.41. The lowest BCUT2D eigenvalue weighted by Gasteiger charge is -2.16. The lowest BCUT2D eigenvalue weighted by Crippen LogP contribution is -2.32. The number of nitrogens with one attached hydrogen (secondary N) is 1. The Morgan fingerprint density at radius 3 is 2.52 bits per heavy atom. The molecule has 1 N–H and O–H groups in total. The van der Waals surface area contributed by atoms with Crippen LogP contribution in [0, 0.1) is 0 Å². The summed E-state index contributed by atoms with van der Waals surface area (Å²) in [5, 5.41) is 16.0. The molecule has 0 spiro atoms. The predicted octanol–water partition coefficient (Wildman–Crippen LogP) is 3.65. The third-order valence-electron chi connectivity index (χ3n) is 3.94. The molecule has 1 amide bonds. The minimum atomic E-state index is -0.602. The van der Waals surface area contributed by atoms with Crippen molar-refractivity contribution in [3.8, 4) is 17.1 Å². The maximum absolute atomic E-state index is 12.6. The van der Waals surface area contributed by atoms with Crippen molar-refractivity contribution in [3.63, 3.8) is 0 Å². The van der Waals surface area contributed by atoms with Gasteiger partial charge in [-0.25, -0.2) is 0 Å². The highest BCUT2D eigenvalue weighted by Gasteiger charge is 2.21. The molecule has 1 atom stereocenters. The number of fused-ring (bicyclic) bond motifs is 1. The summed E-state index contributed by atoms with van der Waals surface area (Å²) in [6, 6.07) is 19.0. The largest absolute Gasteiger partial charge is 0.481 e. The first-order valence-electron chi connectivity index (χ1n) is 8.55. The molecule has 0 aliphatic carbocycles. The van der Waals surface area contributed by atoms with Gasteiger partial charge in [-0.15, -0.1) is 15.3 Å². The molecule has 0 saturated carbocycles. The molecule has 1 unspecified atom stereocenters. The fourth-order valence-corrected chi connectivity index (χ4v) is 3.35. The number of amides is 1. The van der Waals surface area contributed by atoms with Crippen LogP contribution in [-0.2, 0) is 4.79 Å². The summed E-state index contributed by atoms with van der Waals surface area (Å²) in [7, 11) is 0. The highest BCUT2D eigenvalue weighted by molar-refractivity contribution is 7.20. The summed E-state index contributed by atoms with van der Waals surface area (Å²) >= 11 is 1.27. The van der Waals surface area contributed by atoms with Crippen LogP contribution >= 0.6 is 11.3 Å². The zero-order valence-corrected chi connectivity index (χ0v) is 15.4. The Hall–Kier alpha value is -3.26. The van der Waals surface area contributed by atoms with E-state index in [0.29, 0.717) is 28.1 Å². The molecule has 0 aliphatic heterocycles. The van der Waals surface area contributed by atoms with Gasteiger partial charge < -0.3 is 4.74 Å². The van der Waals surface area contributed by atoms with Gasteiger partial charge >= 0.3 is 0 Å². The molecule has 0 radical (unpaired) electrons. The molecule has 2 aromatic carbocycles. The number of hydrogen-bond donors (Lipinski definition) is 1. The summed E-state index contributed by atoms with van der Waals surface area (Å²) in [6.07, 6.45) is -0.0598. The van der Waals surface area contributed by atoms with Crippen molar-refractivity contribution in [2.45, 2.75) is 19.4 Å². The third-order valence-corrected chi connectivity index (χ3v) is 4.75. The third kappa shape index (κ3) is 3.65. The molecule has 2 heterocycles. The molecule has 0 fully saturated rings. The van der Waals surface area contributed by atoms with E-state index in [4.69, 9.17) is 4.74 Å². The van der Waals surface area contributed by atoms with Crippen LogP contribution in [0.5, 0.6) is 5.75 Å². The smallest absolute Gasteiger partial charge is 0.267 e. The van der Waals surface area contributed by atoms with E-state index in [9.17, 15) is 4.79 Å². The number of ether oxygens (including phenoxy) is 1. The van der Waals surface area contributed by atoms with Crippen LogP contribution in [0.15, 0.2) is 60.7 Å². The van der Waals surface area contributed by atoms with Crippen molar-refractivity contribution in [2.75, 3.05) is 5.32 Å². The van der Waals surface area contributed by atoms with Crippen LogP contribution in [0.1, 0.15) is 13.3 Å². The molecule has 0 bridgehead atoms. The van der Waals surface area contributed by atoms with E-state index in [0.717, 1.165) is 5.56 Å². The summed E-state index contributed by atoms with van der Waals surface area (Å²) in [4.78, 5) is 13.2. The van der Waals surface area contributed by atoms with Crippen molar-refractivity contribution in [2.24, 2.45) is 0 Å². The summed E-state index contributed by atoms with van der Waals surface area (Å²) in [5.41, 5.74) is 0.909. The Morgan fingerprint density at radius 2 is 1.81 bits per heavy atom. The first-order valence-corrected chi connectivity index (χ1v) is 9.36. The van der Waals surface area contributed by atoms with E-state index in [1.54, 1.807) is 4.52 Å². The first-order chi connectivity index (χ1) is 13.2. The van der Waals surface area contributed by atoms with Crippen LogP contribution < -0.4 is 10.1 Å². The average molecular weight is 379 g/mol. The highest BCUT2D eigenvalue weighted by atomic mass is 32.1. The van der Waals surface area contributed by atoms with Gasteiger partial charge in [0, 0.05) is 5.56 Å². The van der Waals surface area contributed by atoms with E-state index in [-0.39, 0.29) is 5.91 Å². The quantitative estimate of drug-likeness (QED) is 0.553. The Balaban J connectivity index is 1.52. The second kappa shape index (κ2) is 7.55. The molecule has 0 aliphatic rings. The lowest BCUT2D eigenvalue weighted by molar-refractivity contribution is -0.122. The number of rotatable bonds is 6. The molecule has 136 valence electrons. The molecular formula is C19H17N5O2S. The van der Waals surface area contributed by atoms with Crippen molar-refractivity contribution < 1.29 is 9.53 Å². The summed E-state index contributed by atoms with van der Waals surface area (Å²) in [6.45, 7) is 1.90. The topological polar surface area (TPSA) is 81.4 Å². The zero-order chi connectivity index (χ0) is 18.6. The Bertz CT molecular complexity index is 1050. The van der Waals surface area contributed by atoms with Gasteiger partial charge in [0.25, 0.3) is 5.91 Å². The van der Waals surface area contributed by atoms with Crippen molar-refractivity contribution in [1.29, 1.82) is 0 Å².